The molecule has 2 aromatic heterocycles. The van der Waals surface area contributed by atoms with Gasteiger partial charge in [0.05, 0.1) is 6.20 Å². The van der Waals surface area contributed by atoms with E-state index in [4.69, 9.17) is 4.74 Å². The first kappa shape index (κ1) is 11.0. The van der Waals surface area contributed by atoms with Crippen molar-refractivity contribution < 1.29 is 4.74 Å². The molecule has 1 N–H and O–H groups in total. The van der Waals surface area contributed by atoms with Gasteiger partial charge in [0.25, 0.3) is 0 Å². The van der Waals surface area contributed by atoms with Crippen molar-refractivity contribution in [3.63, 3.8) is 0 Å². The van der Waals surface area contributed by atoms with Crippen molar-refractivity contribution in [3.05, 3.63) is 24.5 Å². The average Bonchev–Trinajstić information content (AvgIpc) is 2.76. The van der Waals surface area contributed by atoms with Gasteiger partial charge >= 0.3 is 0 Å². The van der Waals surface area contributed by atoms with Gasteiger partial charge < -0.3 is 14.6 Å². The lowest BCUT2D eigenvalue weighted by atomic mass is 10.3. The van der Waals surface area contributed by atoms with Crippen LogP contribution in [-0.4, -0.2) is 41.6 Å². The van der Waals surface area contributed by atoms with Crippen molar-refractivity contribution in [2.45, 2.75) is 6.92 Å². The molecule has 16 heavy (non-hydrogen) atoms. The summed E-state index contributed by atoms with van der Waals surface area (Å²) in [5.74, 6) is 0.830. The van der Waals surface area contributed by atoms with E-state index in [1.165, 1.54) is 0 Å². The third-order valence-corrected chi connectivity index (χ3v) is 2.66. The van der Waals surface area contributed by atoms with E-state index < -0.39 is 0 Å². The molecule has 0 aromatic carbocycles. The minimum Gasteiger partial charge on any atom is -0.491 e. The predicted molar refractivity (Wildman–Crippen MR) is 64.8 cm³/mol. The Morgan fingerprint density at radius 1 is 1.50 bits per heavy atom. The second-order valence-electron chi connectivity index (χ2n) is 3.83. The molecule has 0 spiro atoms. The lowest BCUT2D eigenvalue weighted by Gasteiger charge is -2.13. The molecular weight excluding hydrogens is 202 g/mol. The Hall–Kier alpha value is -1.55. The highest BCUT2D eigenvalue weighted by molar-refractivity contribution is 5.76. The van der Waals surface area contributed by atoms with E-state index >= 15 is 0 Å². The molecule has 0 amide bonds. The number of nitrogens with one attached hydrogen (secondary N) is 1. The predicted octanol–water partition coefficient (Wildman–Crippen LogP) is 1.89. The molecule has 0 aliphatic heterocycles. The van der Waals surface area contributed by atoms with Crippen LogP contribution in [0, 0.1) is 0 Å². The number of pyridine rings is 1. The summed E-state index contributed by atoms with van der Waals surface area (Å²) < 4.78 is 5.64. The summed E-state index contributed by atoms with van der Waals surface area (Å²) in [5, 5.41) is 1.08. The van der Waals surface area contributed by atoms with Gasteiger partial charge in [-0.1, -0.05) is 6.92 Å². The lowest BCUT2D eigenvalue weighted by Crippen LogP contribution is -2.23. The summed E-state index contributed by atoms with van der Waals surface area (Å²) in [6.45, 7) is 4.80. The Balaban J connectivity index is 1.93. The summed E-state index contributed by atoms with van der Waals surface area (Å²) in [6.07, 6.45) is 3.64. The molecule has 0 aliphatic carbocycles. The first-order valence-corrected chi connectivity index (χ1v) is 5.54. The number of rotatable bonds is 5. The second-order valence-corrected chi connectivity index (χ2v) is 3.83. The topological polar surface area (TPSA) is 41.1 Å². The van der Waals surface area contributed by atoms with Crippen molar-refractivity contribution in [1.82, 2.24) is 14.9 Å². The van der Waals surface area contributed by atoms with E-state index in [-0.39, 0.29) is 0 Å². The van der Waals surface area contributed by atoms with Crippen molar-refractivity contribution in [1.29, 1.82) is 0 Å². The van der Waals surface area contributed by atoms with Crippen LogP contribution in [0.3, 0.4) is 0 Å². The normalized spacial score (nSPS) is 11.2. The second kappa shape index (κ2) is 4.99. The fourth-order valence-electron chi connectivity index (χ4n) is 1.48. The largest absolute Gasteiger partial charge is 0.491 e. The maximum atomic E-state index is 5.64. The fourth-order valence-corrected chi connectivity index (χ4v) is 1.48. The molecule has 0 fully saturated rings. The van der Waals surface area contributed by atoms with E-state index in [1.807, 2.05) is 18.3 Å². The number of aromatic amines is 1. The number of nitrogens with zero attached hydrogens (tertiary/aromatic N) is 2. The minimum absolute atomic E-state index is 0.696. The van der Waals surface area contributed by atoms with Gasteiger partial charge in [0.2, 0.25) is 0 Å². The van der Waals surface area contributed by atoms with Gasteiger partial charge in [-0.15, -0.1) is 0 Å². The van der Waals surface area contributed by atoms with Crippen LogP contribution >= 0.6 is 0 Å². The van der Waals surface area contributed by atoms with Gasteiger partial charge in [-0.3, -0.25) is 0 Å². The molecule has 0 saturated carbocycles. The standard InChI is InChI=1S/C12H17N3O/c1-3-15(2)6-7-16-11-8-10-4-5-13-12(10)14-9-11/h4-5,8-9H,3,6-7H2,1-2H3,(H,13,14). The van der Waals surface area contributed by atoms with Crippen molar-refractivity contribution in [3.8, 4) is 5.75 Å². The van der Waals surface area contributed by atoms with Crippen LogP contribution in [0.15, 0.2) is 24.5 Å². The van der Waals surface area contributed by atoms with E-state index in [0.29, 0.717) is 6.61 Å². The average molecular weight is 219 g/mol. The molecular formula is C12H17N3O. The maximum absolute atomic E-state index is 5.64. The number of fused-ring (bicyclic) bond motifs is 1. The smallest absolute Gasteiger partial charge is 0.138 e. The number of hydrogen-bond donors (Lipinski definition) is 1. The monoisotopic (exact) mass is 219 g/mol. The molecule has 0 atom stereocenters. The molecule has 0 saturated heterocycles. The van der Waals surface area contributed by atoms with Crippen LogP contribution in [0.25, 0.3) is 11.0 Å². The van der Waals surface area contributed by atoms with Gasteiger partial charge in [-0.25, -0.2) is 4.98 Å². The highest BCUT2D eigenvalue weighted by Crippen LogP contribution is 2.16. The van der Waals surface area contributed by atoms with Gasteiger partial charge in [-0.05, 0) is 25.7 Å². The zero-order valence-electron chi connectivity index (χ0n) is 9.73. The van der Waals surface area contributed by atoms with Crippen molar-refractivity contribution in [2.75, 3.05) is 26.7 Å². The molecule has 0 radical (unpaired) electrons. The highest BCUT2D eigenvalue weighted by Gasteiger charge is 2.00. The number of H-pyrrole nitrogens is 1. The van der Waals surface area contributed by atoms with Crippen LogP contribution in [-0.2, 0) is 0 Å². The molecule has 4 nitrogen and oxygen atoms in total. The van der Waals surface area contributed by atoms with Crippen LogP contribution < -0.4 is 4.74 Å². The molecule has 86 valence electrons. The van der Waals surface area contributed by atoms with Gasteiger partial charge in [0, 0.05) is 18.1 Å². The van der Waals surface area contributed by atoms with Crippen LogP contribution in [0.5, 0.6) is 5.75 Å². The summed E-state index contributed by atoms with van der Waals surface area (Å²) in [5.41, 5.74) is 0.901. The Kier molecular flexibility index (Phi) is 3.41. The first-order chi connectivity index (χ1) is 7.79. The Bertz CT molecular complexity index is 452. The van der Waals surface area contributed by atoms with E-state index in [9.17, 15) is 0 Å². The van der Waals surface area contributed by atoms with Crippen LogP contribution in [0.2, 0.25) is 0 Å². The number of likely N-dealkylation sites (N-methyl/N-ethyl adjacent to an activating group) is 1. The SMILES string of the molecule is CCN(C)CCOc1cnc2[nH]ccc2c1. The maximum Gasteiger partial charge on any atom is 0.138 e. The molecule has 2 rings (SSSR count). The zero-order chi connectivity index (χ0) is 11.4. The third-order valence-electron chi connectivity index (χ3n) is 2.66. The minimum atomic E-state index is 0.696. The van der Waals surface area contributed by atoms with Gasteiger partial charge in [0.15, 0.2) is 0 Å². The zero-order valence-corrected chi connectivity index (χ0v) is 9.73. The molecule has 0 bridgehead atoms. The number of ether oxygens (including phenoxy) is 1. The highest BCUT2D eigenvalue weighted by atomic mass is 16.5. The van der Waals surface area contributed by atoms with E-state index in [0.717, 1.165) is 29.9 Å². The molecule has 4 heteroatoms. The van der Waals surface area contributed by atoms with Gasteiger partial charge in [0.1, 0.15) is 18.0 Å². The molecule has 0 aliphatic rings. The molecule has 2 heterocycles. The quantitative estimate of drug-likeness (QED) is 0.835. The Morgan fingerprint density at radius 3 is 3.19 bits per heavy atom. The summed E-state index contributed by atoms with van der Waals surface area (Å²) in [7, 11) is 2.08. The van der Waals surface area contributed by atoms with E-state index in [2.05, 4.69) is 28.8 Å². The third kappa shape index (κ3) is 2.52. The van der Waals surface area contributed by atoms with Crippen molar-refractivity contribution >= 4 is 11.0 Å². The lowest BCUT2D eigenvalue weighted by molar-refractivity contribution is 0.243. The summed E-state index contributed by atoms with van der Waals surface area (Å²) in [4.78, 5) is 9.53. The number of aromatic nitrogens is 2. The van der Waals surface area contributed by atoms with E-state index in [1.54, 1.807) is 6.20 Å². The van der Waals surface area contributed by atoms with Crippen LogP contribution in [0.4, 0.5) is 0 Å². The summed E-state index contributed by atoms with van der Waals surface area (Å²) in [6, 6.07) is 4.00. The fraction of sp³-hybridized carbons (Fsp3) is 0.417. The Morgan fingerprint density at radius 2 is 2.38 bits per heavy atom. The first-order valence-electron chi connectivity index (χ1n) is 5.54. The number of hydrogen-bond acceptors (Lipinski definition) is 3. The van der Waals surface area contributed by atoms with Gasteiger partial charge in [-0.2, -0.15) is 0 Å². The summed E-state index contributed by atoms with van der Waals surface area (Å²) >= 11 is 0. The Labute approximate surface area is 95.2 Å². The van der Waals surface area contributed by atoms with Crippen molar-refractivity contribution in [2.24, 2.45) is 0 Å². The molecule has 0 unspecified atom stereocenters. The molecule has 2 aromatic rings. The van der Waals surface area contributed by atoms with Crippen LogP contribution in [0.1, 0.15) is 6.92 Å².